The minimum absolute atomic E-state index is 0.140. The SMILES string of the molecule is Cn1c2c(c3cc(OC(F)(F)F)ccc31)CCCC2. The number of hydrogen-bond donors (Lipinski definition) is 0. The summed E-state index contributed by atoms with van der Waals surface area (Å²) in [6.07, 6.45) is -0.472. The third-order valence-electron chi connectivity index (χ3n) is 3.73. The van der Waals surface area contributed by atoms with Gasteiger partial charge in [-0.3, -0.25) is 0 Å². The number of aryl methyl sites for hydroxylation is 2. The standard InChI is InChI=1S/C14H14F3NO/c1-18-12-5-3-2-4-10(12)11-8-9(6-7-13(11)18)19-14(15,16)17/h6-8H,2-5H2,1H3. The molecule has 0 bridgehead atoms. The van der Waals surface area contributed by atoms with Crippen molar-refractivity contribution in [2.24, 2.45) is 7.05 Å². The third-order valence-corrected chi connectivity index (χ3v) is 3.73. The van der Waals surface area contributed by atoms with E-state index in [-0.39, 0.29) is 5.75 Å². The Kier molecular flexibility index (Phi) is 2.73. The van der Waals surface area contributed by atoms with Crippen LogP contribution in [0.5, 0.6) is 5.75 Å². The minimum atomic E-state index is -4.64. The summed E-state index contributed by atoms with van der Waals surface area (Å²) in [5.74, 6) is -0.140. The average Bonchev–Trinajstić information content (AvgIpc) is 2.62. The highest BCUT2D eigenvalue weighted by atomic mass is 19.4. The molecule has 1 aromatic carbocycles. The van der Waals surface area contributed by atoms with Crippen LogP contribution in [-0.4, -0.2) is 10.9 Å². The number of hydrogen-bond acceptors (Lipinski definition) is 1. The van der Waals surface area contributed by atoms with Crippen molar-refractivity contribution in [2.75, 3.05) is 0 Å². The van der Waals surface area contributed by atoms with Crippen LogP contribution >= 0.6 is 0 Å². The first-order valence-electron chi connectivity index (χ1n) is 6.31. The van der Waals surface area contributed by atoms with E-state index >= 15 is 0 Å². The molecule has 5 heteroatoms. The summed E-state index contributed by atoms with van der Waals surface area (Å²) >= 11 is 0. The Bertz CT molecular complexity index is 628. The van der Waals surface area contributed by atoms with Crippen LogP contribution in [0.2, 0.25) is 0 Å². The Morgan fingerprint density at radius 2 is 1.89 bits per heavy atom. The fourth-order valence-corrected chi connectivity index (χ4v) is 2.94. The van der Waals surface area contributed by atoms with E-state index in [1.54, 1.807) is 6.07 Å². The predicted octanol–water partition coefficient (Wildman–Crippen LogP) is 3.96. The summed E-state index contributed by atoms with van der Waals surface area (Å²) in [6.45, 7) is 0. The molecule has 0 radical (unpaired) electrons. The molecular weight excluding hydrogens is 255 g/mol. The van der Waals surface area contributed by atoms with Crippen LogP contribution in [-0.2, 0) is 19.9 Å². The van der Waals surface area contributed by atoms with Crippen LogP contribution in [0, 0.1) is 0 Å². The maximum absolute atomic E-state index is 12.3. The van der Waals surface area contributed by atoms with Crippen molar-refractivity contribution in [3.05, 3.63) is 29.5 Å². The number of ether oxygens (including phenoxy) is 1. The van der Waals surface area contributed by atoms with Gasteiger partial charge in [-0.15, -0.1) is 13.2 Å². The number of fused-ring (bicyclic) bond motifs is 3. The Labute approximate surface area is 108 Å². The van der Waals surface area contributed by atoms with Gasteiger partial charge in [-0.2, -0.15) is 0 Å². The number of nitrogens with zero attached hydrogens (tertiary/aromatic N) is 1. The fourth-order valence-electron chi connectivity index (χ4n) is 2.94. The molecule has 3 rings (SSSR count). The monoisotopic (exact) mass is 269 g/mol. The largest absolute Gasteiger partial charge is 0.573 e. The van der Waals surface area contributed by atoms with Crippen molar-refractivity contribution in [3.8, 4) is 5.75 Å². The Morgan fingerprint density at radius 3 is 2.63 bits per heavy atom. The van der Waals surface area contributed by atoms with Crippen LogP contribution in [0.3, 0.4) is 0 Å². The van der Waals surface area contributed by atoms with Crippen LogP contribution in [0.15, 0.2) is 18.2 Å². The molecule has 0 saturated heterocycles. The van der Waals surface area contributed by atoms with E-state index in [1.165, 1.54) is 23.4 Å². The van der Waals surface area contributed by atoms with Crippen molar-refractivity contribution in [1.82, 2.24) is 4.57 Å². The second-order valence-electron chi connectivity index (χ2n) is 4.92. The smallest absolute Gasteiger partial charge is 0.406 e. The normalized spacial score (nSPS) is 15.6. The van der Waals surface area contributed by atoms with Gasteiger partial charge in [-0.1, -0.05) is 0 Å². The number of rotatable bonds is 1. The minimum Gasteiger partial charge on any atom is -0.406 e. The summed E-state index contributed by atoms with van der Waals surface area (Å²) in [6, 6.07) is 4.59. The topological polar surface area (TPSA) is 14.2 Å². The highest BCUT2D eigenvalue weighted by Gasteiger charge is 2.31. The molecule has 0 saturated carbocycles. The lowest BCUT2D eigenvalue weighted by Gasteiger charge is -2.13. The van der Waals surface area contributed by atoms with Crippen molar-refractivity contribution in [3.63, 3.8) is 0 Å². The van der Waals surface area contributed by atoms with Gasteiger partial charge >= 0.3 is 6.36 Å². The molecule has 0 spiro atoms. The van der Waals surface area contributed by atoms with Crippen LogP contribution in [0.4, 0.5) is 13.2 Å². The van der Waals surface area contributed by atoms with Gasteiger partial charge < -0.3 is 9.30 Å². The lowest BCUT2D eigenvalue weighted by Crippen LogP contribution is -2.17. The zero-order chi connectivity index (χ0) is 13.6. The zero-order valence-corrected chi connectivity index (χ0v) is 10.5. The van der Waals surface area contributed by atoms with E-state index in [0.717, 1.165) is 36.6 Å². The van der Waals surface area contributed by atoms with Gasteiger partial charge in [0.15, 0.2) is 0 Å². The molecular formula is C14H14F3NO. The molecule has 0 N–H and O–H groups in total. The van der Waals surface area contributed by atoms with E-state index in [4.69, 9.17) is 0 Å². The van der Waals surface area contributed by atoms with Gasteiger partial charge in [0.05, 0.1) is 0 Å². The third kappa shape index (κ3) is 2.17. The van der Waals surface area contributed by atoms with E-state index in [2.05, 4.69) is 9.30 Å². The van der Waals surface area contributed by atoms with Crippen LogP contribution in [0.25, 0.3) is 10.9 Å². The van der Waals surface area contributed by atoms with E-state index < -0.39 is 6.36 Å². The molecule has 0 unspecified atom stereocenters. The molecule has 2 aromatic rings. The van der Waals surface area contributed by atoms with E-state index in [9.17, 15) is 13.2 Å². The van der Waals surface area contributed by atoms with Gasteiger partial charge in [-0.05, 0) is 49.4 Å². The lowest BCUT2D eigenvalue weighted by molar-refractivity contribution is -0.274. The van der Waals surface area contributed by atoms with Crippen molar-refractivity contribution >= 4 is 10.9 Å². The maximum atomic E-state index is 12.3. The van der Waals surface area contributed by atoms with Gasteiger partial charge in [0, 0.05) is 23.6 Å². The predicted molar refractivity (Wildman–Crippen MR) is 66.2 cm³/mol. The number of benzene rings is 1. The summed E-state index contributed by atoms with van der Waals surface area (Å²) in [4.78, 5) is 0. The highest BCUT2D eigenvalue weighted by molar-refractivity contribution is 5.87. The molecule has 0 fully saturated rings. The summed E-state index contributed by atoms with van der Waals surface area (Å²) in [5.41, 5.74) is 3.39. The molecule has 19 heavy (non-hydrogen) atoms. The first-order chi connectivity index (χ1) is 8.96. The quantitative estimate of drug-likeness (QED) is 0.764. The van der Waals surface area contributed by atoms with Gasteiger partial charge in [0.1, 0.15) is 5.75 Å². The summed E-state index contributed by atoms with van der Waals surface area (Å²) in [7, 11) is 1.97. The highest BCUT2D eigenvalue weighted by Crippen LogP contribution is 2.34. The molecule has 0 amide bonds. The lowest BCUT2D eigenvalue weighted by atomic mass is 9.95. The molecule has 2 nitrogen and oxygen atoms in total. The molecule has 1 aliphatic rings. The molecule has 102 valence electrons. The first kappa shape index (κ1) is 12.4. The fraction of sp³-hybridized carbons (Fsp3) is 0.429. The Morgan fingerprint density at radius 1 is 1.16 bits per heavy atom. The maximum Gasteiger partial charge on any atom is 0.573 e. The first-order valence-corrected chi connectivity index (χ1v) is 6.31. The van der Waals surface area contributed by atoms with E-state index in [0.29, 0.717) is 0 Å². The number of halogens is 3. The number of aromatic nitrogens is 1. The molecule has 0 atom stereocenters. The summed E-state index contributed by atoms with van der Waals surface area (Å²) < 4.78 is 42.9. The van der Waals surface area contributed by atoms with E-state index in [1.807, 2.05) is 7.05 Å². The average molecular weight is 269 g/mol. The summed E-state index contributed by atoms with van der Waals surface area (Å²) in [5, 5.41) is 0.888. The molecule has 1 aromatic heterocycles. The molecule has 0 aliphatic heterocycles. The molecule has 1 heterocycles. The van der Waals surface area contributed by atoms with Crippen molar-refractivity contribution < 1.29 is 17.9 Å². The van der Waals surface area contributed by atoms with Gasteiger partial charge in [0.2, 0.25) is 0 Å². The Hall–Kier alpha value is -1.65. The molecule has 1 aliphatic carbocycles. The van der Waals surface area contributed by atoms with Crippen molar-refractivity contribution in [2.45, 2.75) is 32.0 Å². The second kappa shape index (κ2) is 4.18. The Balaban J connectivity index is 2.12. The van der Waals surface area contributed by atoms with Crippen LogP contribution < -0.4 is 4.74 Å². The zero-order valence-electron chi connectivity index (χ0n) is 10.5. The van der Waals surface area contributed by atoms with Crippen LogP contribution in [0.1, 0.15) is 24.1 Å². The van der Waals surface area contributed by atoms with Gasteiger partial charge in [-0.25, -0.2) is 0 Å². The second-order valence-corrected chi connectivity index (χ2v) is 4.92. The van der Waals surface area contributed by atoms with Gasteiger partial charge in [0.25, 0.3) is 0 Å². The number of alkyl halides is 3. The van der Waals surface area contributed by atoms with Crippen molar-refractivity contribution in [1.29, 1.82) is 0 Å².